The van der Waals surface area contributed by atoms with Crippen LogP contribution in [-0.2, 0) is 24.4 Å². The number of amides is 3. The van der Waals surface area contributed by atoms with Crippen molar-refractivity contribution in [3.8, 4) is 0 Å². The van der Waals surface area contributed by atoms with Crippen LogP contribution in [0, 0.1) is 0 Å². The molecule has 0 radical (unpaired) electrons. The van der Waals surface area contributed by atoms with Crippen LogP contribution in [0.25, 0.3) is 0 Å². The Morgan fingerprint density at radius 3 is 2.19 bits per heavy atom. The Balaban J connectivity index is 2.12. The molecule has 0 atom stereocenters. The highest BCUT2D eigenvalue weighted by Gasteiger charge is 2.26. The van der Waals surface area contributed by atoms with Gasteiger partial charge in [-0.3, -0.25) is 18.7 Å². The van der Waals surface area contributed by atoms with Crippen molar-refractivity contribution in [2.24, 2.45) is 0 Å². The molecule has 142 valence electrons. The van der Waals surface area contributed by atoms with Gasteiger partial charge in [0.05, 0.1) is 11.9 Å². The van der Waals surface area contributed by atoms with Crippen LogP contribution in [0.2, 0.25) is 0 Å². The number of nitrogens with zero attached hydrogens (tertiary/aromatic N) is 3. The third kappa shape index (κ3) is 5.19. The van der Waals surface area contributed by atoms with Gasteiger partial charge in [0.15, 0.2) is 0 Å². The van der Waals surface area contributed by atoms with Crippen LogP contribution in [0.4, 0.5) is 11.4 Å². The second-order valence-electron chi connectivity index (χ2n) is 6.02. The summed E-state index contributed by atoms with van der Waals surface area (Å²) in [6.07, 6.45) is 1.77. The molecule has 1 aromatic rings. The van der Waals surface area contributed by atoms with Gasteiger partial charge in [-0.05, 0) is 24.3 Å². The first-order chi connectivity index (χ1) is 12.2. The number of hydrogen-bond donors (Lipinski definition) is 1. The van der Waals surface area contributed by atoms with E-state index in [4.69, 9.17) is 0 Å². The van der Waals surface area contributed by atoms with Gasteiger partial charge in [0.25, 0.3) is 0 Å². The van der Waals surface area contributed by atoms with Crippen molar-refractivity contribution in [3.63, 3.8) is 0 Å². The van der Waals surface area contributed by atoms with E-state index in [9.17, 15) is 22.8 Å². The van der Waals surface area contributed by atoms with Gasteiger partial charge < -0.3 is 15.1 Å². The van der Waals surface area contributed by atoms with E-state index in [-0.39, 0.29) is 18.4 Å². The van der Waals surface area contributed by atoms with E-state index < -0.39 is 10.0 Å². The fraction of sp³-hybridized carbons (Fsp3) is 0.438. The molecule has 0 saturated carbocycles. The summed E-state index contributed by atoms with van der Waals surface area (Å²) in [5, 5.41) is 2.60. The minimum Gasteiger partial charge on any atom is -0.342 e. The zero-order valence-electron chi connectivity index (χ0n) is 14.7. The highest BCUT2D eigenvalue weighted by atomic mass is 32.2. The van der Waals surface area contributed by atoms with Crippen LogP contribution in [0.15, 0.2) is 24.3 Å². The van der Waals surface area contributed by atoms with E-state index >= 15 is 0 Å². The number of carbonyl (C=O) groups excluding carboxylic acids is 3. The third-order valence-electron chi connectivity index (χ3n) is 3.97. The maximum absolute atomic E-state index is 12.5. The van der Waals surface area contributed by atoms with Gasteiger partial charge in [-0.2, -0.15) is 0 Å². The fourth-order valence-corrected chi connectivity index (χ4v) is 3.46. The second kappa shape index (κ2) is 8.17. The fourth-order valence-electron chi connectivity index (χ4n) is 2.61. The molecule has 1 N–H and O–H groups in total. The molecule has 1 saturated heterocycles. The molecule has 3 amide bonds. The van der Waals surface area contributed by atoms with Crippen LogP contribution in [0.5, 0.6) is 0 Å². The summed E-state index contributed by atoms with van der Waals surface area (Å²) in [5.74, 6) is -0.561. The van der Waals surface area contributed by atoms with Gasteiger partial charge in [0.2, 0.25) is 28.2 Å². The Labute approximate surface area is 152 Å². The molecule has 9 nitrogen and oxygen atoms in total. The molecule has 26 heavy (non-hydrogen) atoms. The number of hydrogen-bond acceptors (Lipinski definition) is 5. The lowest BCUT2D eigenvalue weighted by Gasteiger charge is -2.34. The van der Waals surface area contributed by atoms with Gasteiger partial charge in [-0.1, -0.05) is 0 Å². The summed E-state index contributed by atoms with van der Waals surface area (Å²) in [5.41, 5.74) is 0.868. The van der Waals surface area contributed by atoms with Crippen LogP contribution >= 0.6 is 0 Å². The molecule has 0 bridgehead atoms. The molecule has 2 rings (SSSR count). The van der Waals surface area contributed by atoms with Crippen molar-refractivity contribution in [3.05, 3.63) is 24.3 Å². The number of sulfonamides is 1. The van der Waals surface area contributed by atoms with Crippen molar-refractivity contribution in [2.45, 2.75) is 6.92 Å². The molecule has 1 aliphatic rings. The van der Waals surface area contributed by atoms with Gasteiger partial charge in [0.1, 0.15) is 6.54 Å². The molecule has 0 unspecified atom stereocenters. The number of benzene rings is 1. The first kappa shape index (κ1) is 19.7. The van der Waals surface area contributed by atoms with Crippen LogP contribution in [0.1, 0.15) is 6.92 Å². The molecule has 0 spiro atoms. The average Bonchev–Trinajstić information content (AvgIpc) is 2.59. The summed E-state index contributed by atoms with van der Waals surface area (Å²) < 4.78 is 25.3. The lowest BCUT2D eigenvalue weighted by Crippen LogP contribution is -2.51. The maximum atomic E-state index is 12.5. The minimum atomic E-state index is -3.67. The third-order valence-corrected chi connectivity index (χ3v) is 5.11. The Morgan fingerprint density at radius 2 is 1.73 bits per heavy atom. The van der Waals surface area contributed by atoms with E-state index in [1.807, 2.05) is 0 Å². The highest BCUT2D eigenvalue weighted by molar-refractivity contribution is 7.92. The van der Waals surface area contributed by atoms with Crippen LogP contribution in [0.3, 0.4) is 0 Å². The molecule has 1 fully saturated rings. The Morgan fingerprint density at radius 1 is 1.15 bits per heavy atom. The first-order valence-electron chi connectivity index (χ1n) is 8.03. The van der Waals surface area contributed by atoms with E-state index in [2.05, 4.69) is 5.32 Å². The number of rotatable bonds is 6. The normalized spacial score (nSPS) is 14.7. The summed E-state index contributed by atoms with van der Waals surface area (Å²) in [6, 6.07) is 6.21. The number of piperazine rings is 1. The van der Waals surface area contributed by atoms with E-state index in [0.29, 0.717) is 37.6 Å². The van der Waals surface area contributed by atoms with Crippen LogP contribution in [-0.4, -0.2) is 75.4 Å². The lowest BCUT2D eigenvalue weighted by atomic mass is 10.2. The Hall–Kier alpha value is -2.62. The van der Waals surface area contributed by atoms with E-state index in [0.717, 1.165) is 17.0 Å². The summed E-state index contributed by atoms with van der Waals surface area (Å²) in [4.78, 5) is 37.4. The lowest BCUT2D eigenvalue weighted by molar-refractivity contribution is -0.133. The predicted molar refractivity (Wildman–Crippen MR) is 97.2 cm³/mol. The van der Waals surface area contributed by atoms with Gasteiger partial charge >= 0.3 is 0 Å². The van der Waals surface area contributed by atoms with E-state index in [1.54, 1.807) is 21.9 Å². The number of carbonyl (C=O) groups is 3. The SMILES string of the molecule is CC(=O)Nc1ccc(N(CC(=O)N2CCN(C=O)CC2)S(C)(=O)=O)cc1. The summed E-state index contributed by atoms with van der Waals surface area (Å²) in [7, 11) is -3.67. The molecular formula is C16H22N4O5S. The molecular weight excluding hydrogens is 360 g/mol. The Bertz CT molecular complexity index is 770. The standard InChI is InChI=1S/C16H22N4O5S/c1-13(22)17-14-3-5-15(6-4-14)20(26(2,24)25)11-16(23)19-9-7-18(12-21)8-10-19/h3-6,12H,7-11H2,1-2H3,(H,17,22). The zero-order valence-corrected chi connectivity index (χ0v) is 15.5. The van der Waals surface area contributed by atoms with Gasteiger partial charge in [0, 0.05) is 38.8 Å². The van der Waals surface area contributed by atoms with Crippen molar-refractivity contribution in [1.29, 1.82) is 0 Å². The van der Waals surface area contributed by atoms with Crippen molar-refractivity contribution in [1.82, 2.24) is 9.80 Å². The first-order valence-corrected chi connectivity index (χ1v) is 9.88. The molecule has 1 aliphatic heterocycles. The summed E-state index contributed by atoms with van der Waals surface area (Å²) in [6.45, 7) is 2.66. The van der Waals surface area contributed by atoms with E-state index in [1.165, 1.54) is 19.1 Å². The average molecular weight is 382 g/mol. The minimum absolute atomic E-state index is 0.234. The molecule has 0 aliphatic carbocycles. The zero-order chi connectivity index (χ0) is 19.3. The molecule has 1 aromatic carbocycles. The van der Waals surface area contributed by atoms with Crippen LogP contribution < -0.4 is 9.62 Å². The number of anilines is 2. The van der Waals surface area contributed by atoms with Gasteiger partial charge in [-0.25, -0.2) is 8.42 Å². The van der Waals surface area contributed by atoms with Gasteiger partial charge in [-0.15, -0.1) is 0 Å². The molecule has 1 heterocycles. The second-order valence-corrected chi connectivity index (χ2v) is 7.93. The topological polar surface area (TPSA) is 107 Å². The number of nitrogens with one attached hydrogen (secondary N) is 1. The monoisotopic (exact) mass is 382 g/mol. The Kier molecular flexibility index (Phi) is 6.19. The maximum Gasteiger partial charge on any atom is 0.243 e. The van der Waals surface area contributed by atoms with Crippen molar-refractivity contribution in [2.75, 3.05) is 48.6 Å². The predicted octanol–water partition coefficient (Wildman–Crippen LogP) is -0.288. The molecule has 10 heteroatoms. The summed E-state index contributed by atoms with van der Waals surface area (Å²) >= 11 is 0. The largest absolute Gasteiger partial charge is 0.342 e. The quantitative estimate of drug-likeness (QED) is 0.681. The highest BCUT2D eigenvalue weighted by Crippen LogP contribution is 2.21. The smallest absolute Gasteiger partial charge is 0.243 e. The van der Waals surface area contributed by atoms with Crippen molar-refractivity contribution < 1.29 is 22.8 Å². The van der Waals surface area contributed by atoms with Crippen molar-refractivity contribution >= 4 is 39.6 Å². The molecule has 0 aromatic heterocycles.